The van der Waals surface area contributed by atoms with Crippen molar-refractivity contribution in [1.82, 2.24) is 10.0 Å². The molecule has 0 spiro atoms. The molecule has 2 N–H and O–H groups in total. The van der Waals surface area contributed by atoms with Crippen molar-refractivity contribution in [2.24, 2.45) is 0 Å². The molecule has 1 heterocycles. The molecule has 1 aromatic rings. The fraction of sp³-hybridized carbons (Fsp3) is 0.667. The number of furan rings is 1. The van der Waals surface area contributed by atoms with Gasteiger partial charge >= 0.3 is 0 Å². The first-order valence-corrected chi connectivity index (χ1v) is 9.03. The second kappa shape index (κ2) is 7.33. The van der Waals surface area contributed by atoms with Gasteiger partial charge in [-0.2, -0.15) is 11.8 Å². The van der Waals surface area contributed by atoms with Crippen molar-refractivity contribution < 1.29 is 12.8 Å². The van der Waals surface area contributed by atoms with E-state index in [4.69, 9.17) is 4.42 Å². The SMILES string of the molecule is CNCc1cc(S(=O)(=O)NC(C)CCSC)c(C)o1. The molecule has 1 atom stereocenters. The predicted molar refractivity (Wildman–Crippen MR) is 79.0 cm³/mol. The summed E-state index contributed by atoms with van der Waals surface area (Å²) >= 11 is 1.70. The Bertz CT molecular complexity index is 497. The van der Waals surface area contributed by atoms with Gasteiger partial charge < -0.3 is 9.73 Å². The second-order valence-corrected chi connectivity index (χ2v) is 7.14. The Morgan fingerprint density at radius 1 is 1.47 bits per heavy atom. The molecule has 0 radical (unpaired) electrons. The van der Waals surface area contributed by atoms with E-state index < -0.39 is 10.0 Å². The van der Waals surface area contributed by atoms with Crippen LogP contribution in [0, 0.1) is 6.92 Å². The second-order valence-electron chi connectivity index (χ2n) is 4.47. The molecular weight excluding hydrogens is 284 g/mol. The van der Waals surface area contributed by atoms with E-state index >= 15 is 0 Å². The summed E-state index contributed by atoms with van der Waals surface area (Å²) in [5.41, 5.74) is 0. The first-order chi connectivity index (χ1) is 8.90. The molecule has 0 aliphatic heterocycles. The number of hydrogen-bond acceptors (Lipinski definition) is 5. The molecule has 0 aliphatic carbocycles. The van der Waals surface area contributed by atoms with Gasteiger partial charge in [-0.15, -0.1) is 0 Å². The predicted octanol–water partition coefficient (Wildman–Crippen LogP) is 1.73. The largest absolute Gasteiger partial charge is 0.464 e. The van der Waals surface area contributed by atoms with Crippen LogP contribution >= 0.6 is 11.8 Å². The smallest absolute Gasteiger partial charge is 0.244 e. The Labute approximate surface area is 119 Å². The normalized spacial score (nSPS) is 13.7. The molecule has 1 aromatic heterocycles. The number of nitrogens with one attached hydrogen (secondary N) is 2. The van der Waals surface area contributed by atoms with E-state index in [2.05, 4.69) is 10.0 Å². The summed E-state index contributed by atoms with van der Waals surface area (Å²) in [5.74, 6) is 1.98. The summed E-state index contributed by atoms with van der Waals surface area (Å²) in [4.78, 5) is 0.230. The molecular formula is C12H22N2O3S2. The maximum atomic E-state index is 12.2. The summed E-state index contributed by atoms with van der Waals surface area (Å²) in [6.45, 7) is 4.05. The summed E-state index contributed by atoms with van der Waals surface area (Å²) in [6.07, 6.45) is 2.81. The molecule has 0 fully saturated rings. The number of aryl methyl sites for hydroxylation is 1. The molecule has 0 aromatic carbocycles. The molecule has 19 heavy (non-hydrogen) atoms. The maximum Gasteiger partial charge on any atom is 0.244 e. The fourth-order valence-electron chi connectivity index (χ4n) is 1.73. The molecule has 0 amide bonds. The monoisotopic (exact) mass is 306 g/mol. The van der Waals surface area contributed by atoms with Gasteiger partial charge in [0.1, 0.15) is 16.4 Å². The minimum Gasteiger partial charge on any atom is -0.464 e. The van der Waals surface area contributed by atoms with Gasteiger partial charge in [0.15, 0.2) is 0 Å². The fourth-order valence-corrected chi connectivity index (χ4v) is 3.80. The topological polar surface area (TPSA) is 71.3 Å². The highest BCUT2D eigenvalue weighted by Crippen LogP contribution is 2.20. The molecule has 1 unspecified atom stereocenters. The first kappa shape index (κ1) is 16.6. The van der Waals surface area contributed by atoms with Crippen LogP contribution in [0.4, 0.5) is 0 Å². The average Bonchev–Trinajstić information content (AvgIpc) is 2.68. The van der Waals surface area contributed by atoms with E-state index in [0.29, 0.717) is 18.1 Å². The zero-order chi connectivity index (χ0) is 14.5. The maximum absolute atomic E-state index is 12.2. The molecule has 0 bridgehead atoms. The van der Waals surface area contributed by atoms with Crippen LogP contribution in [0.15, 0.2) is 15.4 Å². The van der Waals surface area contributed by atoms with Crippen molar-refractivity contribution in [2.45, 2.75) is 37.8 Å². The summed E-state index contributed by atoms with van der Waals surface area (Å²) in [5, 5.41) is 2.93. The lowest BCUT2D eigenvalue weighted by molar-refractivity contribution is 0.465. The van der Waals surface area contributed by atoms with Crippen molar-refractivity contribution in [1.29, 1.82) is 0 Å². The minimum absolute atomic E-state index is 0.0838. The van der Waals surface area contributed by atoms with E-state index in [0.717, 1.165) is 12.2 Å². The number of hydrogen-bond donors (Lipinski definition) is 2. The zero-order valence-corrected chi connectivity index (χ0v) is 13.5. The number of thioether (sulfide) groups is 1. The standard InChI is InChI=1S/C12H22N2O3S2/c1-9(5-6-18-4)14-19(15,16)12-7-11(8-13-3)17-10(12)2/h7,9,13-14H,5-6,8H2,1-4H3. The Balaban J connectivity index is 2.82. The van der Waals surface area contributed by atoms with E-state index in [-0.39, 0.29) is 10.9 Å². The molecule has 7 heteroatoms. The van der Waals surface area contributed by atoms with Crippen LogP contribution in [0.2, 0.25) is 0 Å². The summed E-state index contributed by atoms with van der Waals surface area (Å²) < 4.78 is 32.6. The lowest BCUT2D eigenvalue weighted by atomic mass is 10.3. The van der Waals surface area contributed by atoms with Crippen molar-refractivity contribution in [3.8, 4) is 0 Å². The minimum atomic E-state index is -3.50. The summed E-state index contributed by atoms with van der Waals surface area (Å²) in [7, 11) is -1.71. The molecule has 0 saturated heterocycles. The van der Waals surface area contributed by atoms with Crippen molar-refractivity contribution in [3.63, 3.8) is 0 Å². The zero-order valence-electron chi connectivity index (χ0n) is 11.8. The van der Waals surface area contributed by atoms with Crippen LogP contribution in [0.25, 0.3) is 0 Å². The van der Waals surface area contributed by atoms with Crippen molar-refractivity contribution in [3.05, 3.63) is 17.6 Å². The van der Waals surface area contributed by atoms with Gasteiger partial charge in [0.25, 0.3) is 0 Å². The highest BCUT2D eigenvalue weighted by atomic mass is 32.2. The molecule has 110 valence electrons. The van der Waals surface area contributed by atoms with Crippen LogP contribution in [0.3, 0.4) is 0 Å². The average molecular weight is 306 g/mol. The lowest BCUT2D eigenvalue weighted by Crippen LogP contribution is -2.33. The van der Waals surface area contributed by atoms with Crippen LogP contribution < -0.4 is 10.0 Å². The third kappa shape index (κ3) is 4.83. The van der Waals surface area contributed by atoms with E-state index in [1.807, 2.05) is 13.2 Å². The Hall–Kier alpha value is -0.500. The highest BCUT2D eigenvalue weighted by molar-refractivity contribution is 7.98. The van der Waals surface area contributed by atoms with Gasteiger partial charge in [-0.05, 0) is 39.3 Å². The van der Waals surface area contributed by atoms with E-state index in [1.54, 1.807) is 31.8 Å². The van der Waals surface area contributed by atoms with Crippen molar-refractivity contribution >= 4 is 21.8 Å². The number of rotatable bonds is 8. The quantitative estimate of drug-likeness (QED) is 0.765. The molecule has 0 aliphatic rings. The Kier molecular flexibility index (Phi) is 6.38. The van der Waals surface area contributed by atoms with E-state index in [1.165, 1.54) is 0 Å². The first-order valence-electron chi connectivity index (χ1n) is 6.16. The summed E-state index contributed by atoms with van der Waals surface area (Å²) in [6, 6.07) is 1.50. The van der Waals surface area contributed by atoms with Gasteiger partial charge in [-0.25, -0.2) is 13.1 Å². The lowest BCUT2D eigenvalue weighted by Gasteiger charge is -2.12. The van der Waals surface area contributed by atoms with Crippen LogP contribution in [-0.4, -0.2) is 33.5 Å². The van der Waals surface area contributed by atoms with Gasteiger partial charge in [0, 0.05) is 12.1 Å². The van der Waals surface area contributed by atoms with Gasteiger partial charge in [0.2, 0.25) is 10.0 Å². The third-order valence-corrected chi connectivity index (χ3v) is 5.02. The molecule has 5 nitrogen and oxygen atoms in total. The molecule has 1 rings (SSSR count). The Morgan fingerprint density at radius 2 is 2.16 bits per heavy atom. The highest BCUT2D eigenvalue weighted by Gasteiger charge is 2.22. The van der Waals surface area contributed by atoms with Crippen molar-refractivity contribution in [2.75, 3.05) is 19.1 Å². The molecule has 0 saturated carbocycles. The van der Waals surface area contributed by atoms with Gasteiger partial charge in [-0.3, -0.25) is 0 Å². The van der Waals surface area contributed by atoms with Gasteiger partial charge in [0.05, 0.1) is 6.54 Å². The third-order valence-electron chi connectivity index (χ3n) is 2.68. The number of sulfonamides is 1. The van der Waals surface area contributed by atoms with Crippen LogP contribution in [0.5, 0.6) is 0 Å². The Morgan fingerprint density at radius 3 is 2.74 bits per heavy atom. The van der Waals surface area contributed by atoms with Gasteiger partial charge in [-0.1, -0.05) is 0 Å². The van der Waals surface area contributed by atoms with E-state index in [9.17, 15) is 8.42 Å². The van der Waals surface area contributed by atoms with Crippen LogP contribution in [0.1, 0.15) is 24.9 Å². The van der Waals surface area contributed by atoms with Crippen LogP contribution in [-0.2, 0) is 16.6 Å².